The molecule has 0 aliphatic rings. The second-order valence-electron chi connectivity index (χ2n) is 3.32. The normalized spacial score (nSPS) is 10.2. The van der Waals surface area contributed by atoms with Crippen LogP contribution in [0.2, 0.25) is 0 Å². The minimum atomic E-state index is -0.985. The van der Waals surface area contributed by atoms with Crippen molar-refractivity contribution in [2.45, 2.75) is 6.54 Å². The lowest BCUT2D eigenvalue weighted by atomic mass is 10.3. The zero-order chi connectivity index (χ0) is 12.3. The van der Waals surface area contributed by atoms with Gasteiger partial charge in [-0.25, -0.2) is 4.39 Å². The smallest absolute Gasteiger partial charge is 0.325 e. The summed E-state index contributed by atoms with van der Waals surface area (Å²) in [7, 11) is 0. The molecule has 88 valence electrons. The van der Waals surface area contributed by atoms with E-state index in [0.29, 0.717) is 11.5 Å². The minimum absolute atomic E-state index is 0.229. The molecule has 0 fully saturated rings. The molecule has 6 heteroatoms. The number of aliphatic carboxylic acids is 1. The predicted molar refractivity (Wildman–Crippen MR) is 56.3 cm³/mol. The second-order valence-corrected chi connectivity index (χ2v) is 3.32. The number of carboxylic acid groups (broad SMARTS) is 1. The molecule has 0 bridgehead atoms. The van der Waals surface area contributed by atoms with E-state index in [1.165, 1.54) is 41.3 Å². The number of hydrogen-bond donors (Lipinski definition) is 1. The van der Waals surface area contributed by atoms with Gasteiger partial charge in [-0.05, 0) is 24.3 Å². The van der Waals surface area contributed by atoms with E-state index in [1.807, 2.05) is 0 Å². The molecule has 0 saturated heterocycles. The Morgan fingerprint density at radius 3 is 2.71 bits per heavy atom. The molecule has 0 spiro atoms. The van der Waals surface area contributed by atoms with Crippen molar-refractivity contribution in [1.82, 2.24) is 9.78 Å². The van der Waals surface area contributed by atoms with Gasteiger partial charge in [0.2, 0.25) is 0 Å². The standard InChI is InChI=1S/C11H9FN2O3/c12-8-1-3-9(4-2-8)17-10-5-13-14(6-10)7-11(15)16/h1-6H,7H2,(H,15,16). The average Bonchev–Trinajstić information content (AvgIpc) is 2.68. The molecule has 0 unspecified atom stereocenters. The average molecular weight is 236 g/mol. The molecule has 0 radical (unpaired) electrons. The molecule has 0 atom stereocenters. The van der Waals surface area contributed by atoms with Gasteiger partial charge >= 0.3 is 5.97 Å². The van der Waals surface area contributed by atoms with E-state index in [4.69, 9.17) is 9.84 Å². The molecule has 2 aromatic rings. The lowest BCUT2D eigenvalue weighted by Crippen LogP contribution is -2.08. The van der Waals surface area contributed by atoms with Gasteiger partial charge in [-0.2, -0.15) is 5.10 Å². The summed E-state index contributed by atoms with van der Waals surface area (Å²) < 4.78 is 19.2. The Bertz CT molecular complexity index is 522. The van der Waals surface area contributed by atoms with Crippen LogP contribution in [0.25, 0.3) is 0 Å². The Kier molecular flexibility index (Phi) is 3.04. The zero-order valence-electron chi connectivity index (χ0n) is 8.71. The molecule has 0 aliphatic heterocycles. The van der Waals surface area contributed by atoms with Crippen molar-refractivity contribution in [3.8, 4) is 11.5 Å². The Morgan fingerprint density at radius 1 is 1.35 bits per heavy atom. The van der Waals surface area contributed by atoms with Crippen LogP contribution in [0.4, 0.5) is 4.39 Å². The second kappa shape index (κ2) is 4.65. The van der Waals surface area contributed by atoms with E-state index in [-0.39, 0.29) is 12.4 Å². The van der Waals surface area contributed by atoms with E-state index in [0.717, 1.165) is 0 Å². The Hall–Kier alpha value is -2.37. The maximum Gasteiger partial charge on any atom is 0.325 e. The van der Waals surface area contributed by atoms with Crippen molar-refractivity contribution in [1.29, 1.82) is 0 Å². The summed E-state index contributed by atoms with van der Waals surface area (Å²) in [5.74, 6) is -0.473. The fourth-order valence-electron chi connectivity index (χ4n) is 1.26. The van der Waals surface area contributed by atoms with Crippen LogP contribution in [0, 0.1) is 5.82 Å². The maximum atomic E-state index is 12.6. The summed E-state index contributed by atoms with van der Waals surface area (Å²) in [6.07, 6.45) is 2.85. The van der Waals surface area contributed by atoms with Crippen LogP contribution in [-0.2, 0) is 11.3 Å². The van der Waals surface area contributed by atoms with Crippen LogP contribution in [0.1, 0.15) is 0 Å². The quantitative estimate of drug-likeness (QED) is 0.880. The first kappa shape index (κ1) is 11.1. The predicted octanol–water partition coefficient (Wildman–Crippen LogP) is 1.90. The summed E-state index contributed by atoms with van der Waals surface area (Å²) in [5, 5.41) is 12.4. The summed E-state index contributed by atoms with van der Waals surface area (Å²) in [5.41, 5.74) is 0. The van der Waals surface area contributed by atoms with Gasteiger partial charge in [0.05, 0.1) is 12.4 Å². The highest BCUT2D eigenvalue weighted by molar-refractivity contribution is 5.66. The number of carboxylic acids is 1. The molecule has 1 aromatic carbocycles. The van der Waals surface area contributed by atoms with Gasteiger partial charge in [-0.1, -0.05) is 0 Å². The van der Waals surface area contributed by atoms with Crippen LogP contribution in [0.5, 0.6) is 11.5 Å². The first-order valence-electron chi connectivity index (χ1n) is 4.81. The van der Waals surface area contributed by atoms with E-state index < -0.39 is 5.97 Å². The van der Waals surface area contributed by atoms with Crippen LogP contribution in [0.3, 0.4) is 0 Å². The molecule has 5 nitrogen and oxygen atoms in total. The van der Waals surface area contributed by atoms with Crippen molar-refractivity contribution in [3.05, 3.63) is 42.5 Å². The monoisotopic (exact) mass is 236 g/mol. The van der Waals surface area contributed by atoms with Crippen molar-refractivity contribution in [2.75, 3.05) is 0 Å². The first-order chi connectivity index (χ1) is 8.13. The lowest BCUT2D eigenvalue weighted by molar-refractivity contribution is -0.137. The van der Waals surface area contributed by atoms with E-state index in [9.17, 15) is 9.18 Å². The lowest BCUT2D eigenvalue weighted by Gasteiger charge is -2.01. The molecule has 1 aromatic heterocycles. The third-order valence-electron chi connectivity index (χ3n) is 1.96. The number of aromatic nitrogens is 2. The van der Waals surface area contributed by atoms with Crippen LogP contribution in [-0.4, -0.2) is 20.9 Å². The largest absolute Gasteiger partial charge is 0.480 e. The minimum Gasteiger partial charge on any atom is -0.480 e. The Morgan fingerprint density at radius 2 is 2.06 bits per heavy atom. The van der Waals surface area contributed by atoms with Crippen molar-refractivity contribution >= 4 is 5.97 Å². The van der Waals surface area contributed by atoms with Gasteiger partial charge < -0.3 is 9.84 Å². The number of carbonyl (C=O) groups is 1. The SMILES string of the molecule is O=C(O)Cn1cc(Oc2ccc(F)cc2)cn1. The number of benzene rings is 1. The summed E-state index contributed by atoms with van der Waals surface area (Å²) in [6.45, 7) is -0.229. The van der Waals surface area contributed by atoms with Crippen molar-refractivity contribution in [3.63, 3.8) is 0 Å². The molecule has 2 rings (SSSR count). The third-order valence-corrected chi connectivity index (χ3v) is 1.96. The molecule has 1 N–H and O–H groups in total. The van der Waals surface area contributed by atoms with E-state index in [2.05, 4.69) is 5.10 Å². The fraction of sp³-hybridized carbons (Fsp3) is 0.0909. The highest BCUT2D eigenvalue weighted by atomic mass is 19.1. The molecule has 0 amide bonds. The van der Waals surface area contributed by atoms with E-state index in [1.54, 1.807) is 0 Å². The van der Waals surface area contributed by atoms with E-state index >= 15 is 0 Å². The van der Waals surface area contributed by atoms with Crippen LogP contribution in [0.15, 0.2) is 36.7 Å². The zero-order valence-corrected chi connectivity index (χ0v) is 8.71. The summed E-state index contributed by atoms with van der Waals surface area (Å²) in [4.78, 5) is 10.4. The maximum absolute atomic E-state index is 12.6. The number of nitrogens with zero attached hydrogens (tertiary/aromatic N) is 2. The van der Waals surface area contributed by atoms with Gasteiger partial charge in [0.1, 0.15) is 18.1 Å². The van der Waals surface area contributed by atoms with Crippen LogP contribution < -0.4 is 4.74 Å². The molecule has 0 saturated carbocycles. The summed E-state index contributed by atoms with van der Waals surface area (Å²) in [6, 6.07) is 5.50. The number of halogens is 1. The third kappa shape index (κ3) is 3.04. The van der Waals surface area contributed by atoms with Gasteiger partial charge in [0, 0.05) is 0 Å². The number of rotatable bonds is 4. The van der Waals surface area contributed by atoms with Gasteiger partial charge in [0.25, 0.3) is 0 Å². The van der Waals surface area contributed by atoms with Gasteiger partial charge in [0.15, 0.2) is 5.75 Å². The molecule has 1 heterocycles. The topological polar surface area (TPSA) is 64.3 Å². The van der Waals surface area contributed by atoms with Crippen molar-refractivity contribution in [2.24, 2.45) is 0 Å². The number of ether oxygens (including phenoxy) is 1. The first-order valence-corrected chi connectivity index (χ1v) is 4.81. The molecule has 0 aliphatic carbocycles. The van der Waals surface area contributed by atoms with Crippen molar-refractivity contribution < 1.29 is 19.0 Å². The molecular formula is C11H9FN2O3. The fourth-order valence-corrected chi connectivity index (χ4v) is 1.26. The summed E-state index contributed by atoms with van der Waals surface area (Å²) >= 11 is 0. The Labute approximate surface area is 96.1 Å². The number of hydrogen-bond acceptors (Lipinski definition) is 3. The molecule has 17 heavy (non-hydrogen) atoms. The Balaban J connectivity index is 2.06. The van der Waals surface area contributed by atoms with Gasteiger partial charge in [-0.3, -0.25) is 9.48 Å². The van der Waals surface area contributed by atoms with Gasteiger partial charge in [-0.15, -0.1) is 0 Å². The van der Waals surface area contributed by atoms with Crippen LogP contribution >= 0.6 is 0 Å². The highest BCUT2D eigenvalue weighted by Crippen LogP contribution is 2.20. The highest BCUT2D eigenvalue weighted by Gasteiger charge is 2.04. The molecular weight excluding hydrogens is 227 g/mol.